The lowest BCUT2D eigenvalue weighted by molar-refractivity contribution is 0.656. The van der Waals surface area contributed by atoms with Crippen LogP contribution >= 0.6 is 7.26 Å². The molecule has 0 aromatic carbocycles. The van der Waals surface area contributed by atoms with Gasteiger partial charge in [-0.25, -0.2) is 0 Å². The lowest BCUT2D eigenvalue weighted by atomic mass is 10.2. The van der Waals surface area contributed by atoms with E-state index in [9.17, 15) is 0 Å². The summed E-state index contributed by atoms with van der Waals surface area (Å²) >= 11 is 0. The van der Waals surface area contributed by atoms with Crippen LogP contribution in [0.2, 0.25) is 0 Å². The molecule has 0 fully saturated rings. The van der Waals surface area contributed by atoms with Crippen LogP contribution in [-0.4, -0.2) is 24.6 Å². The Labute approximate surface area is 118 Å². The molecule has 110 valence electrons. The van der Waals surface area contributed by atoms with Gasteiger partial charge in [0, 0.05) is 7.26 Å². The highest BCUT2D eigenvalue weighted by Gasteiger charge is 2.32. The Balaban J connectivity index is 4.01. The Morgan fingerprint density at radius 1 is 0.500 bits per heavy atom. The van der Waals surface area contributed by atoms with Crippen LogP contribution in [0.4, 0.5) is 0 Å². The fourth-order valence-corrected chi connectivity index (χ4v) is 7.39. The second-order valence-corrected chi connectivity index (χ2v) is 10.6. The highest BCUT2D eigenvalue weighted by molar-refractivity contribution is 7.75. The summed E-state index contributed by atoms with van der Waals surface area (Å²) in [6.07, 6.45) is 19.4. The molecule has 0 aromatic rings. The van der Waals surface area contributed by atoms with Crippen LogP contribution in [-0.2, 0) is 0 Å². The molecule has 18 heavy (non-hydrogen) atoms. The fraction of sp³-hybridized carbons (Fsp3) is 1.00. The van der Waals surface area contributed by atoms with Crippen molar-refractivity contribution in [1.29, 1.82) is 0 Å². The quantitative estimate of drug-likeness (QED) is 0.262. The first-order valence-electron chi connectivity index (χ1n) is 8.59. The highest BCUT2D eigenvalue weighted by atomic mass is 31.2. The van der Waals surface area contributed by atoms with E-state index >= 15 is 0 Å². The number of unbranched alkanes of at least 4 members (excludes halogenated alkanes) is 6. The molecular weight excluding hydrogens is 235 g/mol. The molecule has 0 spiro atoms. The second-order valence-electron chi connectivity index (χ2n) is 5.95. The lowest BCUT2D eigenvalue weighted by Gasteiger charge is -2.26. The molecule has 0 aliphatic heterocycles. The van der Waals surface area contributed by atoms with E-state index in [2.05, 4.69) is 27.7 Å². The van der Waals surface area contributed by atoms with Crippen molar-refractivity contribution in [1.82, 2.24) is 0 Å². The standard InChI is InChI=1S/C17H38P/c1-5-9-11-12-14-17-18(8-4,15-7-3)16-13-10-6-2/h5-17H2,1-4H3/q+1. The average molecular weight is 273 g/mol. The molecule has 1 unspecified atom stereocenters. The maximum atomic E-state index is 2.47. The van der Waals surface area contributed by atoms with Crippen LogP contribution in [0, 0.1) is 0 Å². The van der Waals surface area contributed by atoms with Crippen molar-refractivity contribution in [3.05, 3.63) is 0 Å². The maximum absolute atomic E-state index is 2.47. The van der Waals surface area contributed by atoms with Crippen LogP contribution in [0.1, 0.15) is 85.5 Å². The Bertz CT molecular complexity index is 167. The number of hydrogen-bond acceptors (Lipinski definition) is 0. The monoisotopic (exact) mass is 273 g/mol. The van der Waals surface area contributed by atoms with Gasteiger partial charge >= 0.3 is 0 Å². The normalized spacial score (nSPS) is 14.7. The van der Waals surface area contributed by atoms with Gasteiger partial charge in [-0.3, -0.25) is 0 Å². The zero-order chi connectivity index (χ0) is 13.7. The minimum atomic E-state index is -0.555. The molecule has 0 aliphatic carbocycles. The molecule has 1 heteroatoms. The van der Waals surface area contributed by atoms with E-state index < -0.39 is 7.26 Å². The Morgan fingerprint density at radius 2 is 1.00 bits per heavy atom. The third-order valence-corrected chi connectivity index (χ3v) is 9.61. The highest BCUT2D eigenvalue weighted by Crippen LogP contribution is 2.60. The summed E-state index contributed by atoms with van der Waals surface area (Å²) in [7, 11) is -0.555. The smallest absolute Gasteiger partial charge is 0.0594 e. The molecule has 0 nitrogen and oxygen atoms in total. The third kappa shape index (κ3) is 8.52. The summed E-state index contributed by atoms with van der Waals surface area (Å²) in [6, 6.07) is 0. The van der Waals surface area contributed by atoms with Gasteiger partial charge in [-0.15, -0.1) is 0 Å². The van der Waals surface area contributed by atoms with E-state index in [1.165, 1.54) is 63.9 Å². The molecule has 0 heterocycles. The van der Waals surface area contributed by atoms with Gasteiger partial charge in [-0.1, -0.05) is 52.9 Å². The lowest BCUT2D eigenvalue weighted by Crippen LogP contribution is -2.11. The molecule has 0 radical (unpaired) electrons. The van der Waals surface area contributed by atoms with Crippen molar-refractivity contribution in [3.8, 4) is 0 Å². The molecule has 0 saturated carbocycles. The summed E-state index contributed by atoms with van der Waals surface area (Å²) in [4.78, 5) is 0. The van der Waals surface area contributed by atoms with Gasteiger partial charge in [0.05, 0.1) is 24.6 Å². The van der Waals surface area contributed by atoms with Crippen molar-refractivity contribution in [2.24, 2.45) is 0 Å². The van der Waals surface area contributed by atoms with E-state index in [-0.39, 0.29) is 0 Å². The first kappa shape index (κ1) is 18.4. The SMILES string of the molecule is CCCCCCC[P+](CC)(CCC)CCCCC. The van der Waals surface area contributed by atoms with Crippen LogP contribution < -0.4 is 0 Å². The number of hydrogen-bond donors (Lipinski definition) is 0. The largest absolute Gasteiger partial charge is 0.0654 e. The Kier molecular flexibility index (Phi) is 12.8. The van der Waals surface area contributed by atoms with Crippen molar-refractivity contribution < 1.29 is 0 Å². The number of rotatable bonds is 13. The molecule has 0 aliphatic rings. The van der Waals surface area contributed by atoms with E-state index in [1.807, 2.05) is 0 Å². The molecule has 1 atom stereocenters. The third-order valence-electron chi connectivity index (χ3n) is 4.34. The van der Waals surface area contributed by atoms with Crippen molar-refractivity contribution in [2.45, 2.75) is 85.5 Å². The second kappa shape index (κ2) is 12.5. The van der Waals surface area contributed by atoms with Crippen LogP contribution in [0.25, 0.3) is 0 Å². The fourth-order valence-electron chi connectivity index (χ4n) is 3.03. The van der Waals surface area contributed by atoms with Crippen LogP contribution in [0.3, 0.4) is 0 Å². The van der Waals surface area contributed by atoms with Crippen LogP contribution in [0.15, 0.2) is 0 Å². The zero-order valence-corrected chi connectivity index (χ0v) is 14.5. The molecule has 0 rings (SSSR count). The Hall–Kier alpha value is 0.430. The van der Waals surface area contributed by atoms with Gasteiger partial charge in [0.2, 0.25) is 0 Å². The summed E-state index contributed by atoms with van der Waals surface area (Å²) in [5.41, 5.74) is 0. The Morgan fingerprint density at radius 3 is 1.50 bits per heavy atom. The topological polar surface area (TPSA) is 0 Å². The zero-order valence-electron chi connectivity index (χ0n) is 13.6. The van der Waals surface area contributed by atoms with Gasteiger partial charge in [0.25, 0.3) is 0 Å². The summed E-state index contributed by atoms with van der Waals surface area (Å²) < 4.78 is 0. The van der Waals surface area contributed by atoms with E-state index in [1.54, 1.807) is 18.5 Å². The molecule has 0 N–H and O–H groups in total. The molecule has 0 saturated heterocycles. The van der Waals surface area contributed by atoms with E-state index in [0.29, 0.717) is 0 Å². The van der Waals surface area contributed by atoms with Crippen molar-refractivity contribution in [2.75, 3.05) is 24.6 Å². The summed E-state index contributed by atoms with van der Waals surface area (Å²) in [6.45, 7) is 9.50. The molecule has 0 aromatic heterocycles. The molecule has 0 amide bonds. The van der Waals surface area contributed by atoms with Gasteiger partial charge in [-0.05, 0) is 32.6 Å². The van der Waals surface area contributed by atoms with E-state index in [0.717, 1.165) is 0 Å². The molecular formula is C17H38P+. The summed E-state index contributed by atoms with van der Waals surface area (Å²) in [5.74, 6) is 0. The van der Waals surface area contributed by atoms with E-state index in [4.69, 9.17) is 0 Å². The van der Waals surface area contributed by atoms with Crippen LogP contribution in [0.5, 0.6) is 0 Å². The minimum absolute atomic E-state index is 0.555. The first-order valence-corrected chi connectivity index (χ1v) is 11.1. The average Bonchev–Trinajstić information content (AvgIpc) is 2.38. The van der Waals surface area contributed by atoms with Gasteiger partial charge in [0.1, 0.15) is 0 Å². The van der Waals surface area contributed by atoms with Crippen molar-refractivity contribution >= 4 is 7.26 Å². The maximum Gasteiger partial charge on any atom is 0.0594 e. The predicted octanol–water partition coefficient (Wildman–Crippen LogP) is 6.59. The summed E-state index contributed by atoms with van der Waals surface area (Å²) in [5, 5.41) is 0. The predicted molar refractivity (Wildman–Crippen MR) is 90.6 cm³/mol. The van der Waals surface area contributed by atoms with Gasteiger partial charge < -0.3 is 0 Å². The molecule has 0 bridgehead atoms. The van der Waals surface area contributed by atoms with Crippen molar-refractivity contribution in [3.63, 3.8) is 0 Å². The first-order chi connectivity index (χ1) is 8.74. The van der Waals surface area contributed by atoms with Gasteiger partial charge in [0.15, 0.2) is 0 Å². The minimum Gasteiger partial charge on any atom is -0.0654 e. The van der Waals surface area contributed by atoms with Gasteiger partial charge in [-0.2, -0.15) is 0 Å².